The number of piperidine rings is 1. The molecule has 2 aromatic rings. The lowest BCUT2D eigenvalue weighted by Gasteiger charge is -2.34. The summed E-state index contributed by atoms with van der Waals surface area (Å²) in [5, 5.41) is 0.270. The van der Waals surface area contributed by atoms with Gasteiger partial charge in [0.15, 0.2) is 0 Å². The molecule has 9 heteroatoms. The maximum atomic E-state index is 13.3. The molecular weight excluding hydrogens is 516 g/mol. The number of anilines is 1. The number of amides is 1. The lowest BCUT2D eigenvalue weighted by Crippen LogP contribution is -2.46. The molecule has 0 saturated carbocycles. The summed E-state index contributed by atoms with van der Waals surface area (Å²) in [6.07, 6.45) is 1.82. The molecule has 0 bridgehead atoms. The van der Waals surface area contributed by atoms with Crippen molar-refractivity contribution in [2.24, 2.45) is 5.92 Å². The molecule has 0 radical (unpaired) electrons. The molecular formula is C23H26BrClN2O4S. The summed E-state index contributed by atoms with van der Waals surface area (Å²) >= 11 is 9.69. The van der Waals surface area contributed by atoms with Gasteiger partial charge in [-0.05, 0) is 75.1 Å². The van der Waals surface area contributed by atoms with Gasteiger partial charge >= 0.3 is 0 Å². The Morgan fingerprint density at radius 2 is 1.91 bits per heavy atom. The Kier molecular flexibility index (Phi) is 6.86. The first kappa shape index (κ1) is 23.5. The Balaban J connectivity index is 1.45. The lowest BCUT2D eigenvalue weighted by molar-refractivity contribution is -0.123. The number of hydrogen-bond donors (Lipinski definition) is 0. The molecule has 1 atom stereocenters. The van der Waals surface area contributed by atoms with Gasteiger partial charge in [0.05, 0.1) is 16.5 Å². The van der Waals surface area contributed by atoms with Crippen molar-refractivity contribution in [1.29, 1.82) is 0 Å². The van der Waals surface area contributed by atoms with Crippen LogP contribution in [0, 0.1) is 5.92 Å². The van der Waals surface area contributed by atoms with E-state index in [4.69, 9.17) is 16.3 Å². The van der Waals surface area contributed by atoms with Crippen LogP contribution in [-0.4, -0.2) is 44.4 Å². The zero-order chi connectivity index (χ0) is 23.0. The van der Waals surface area contributed by atoms with Gasteiger partial charge in [0.25, 0.3) is 0 Å². The standard InChI is InChI=1S/C23H26BrClN2O4S/c1-3-31-22-7-5-19(14-20(22)25)32(29,30)26-10-8-16(9-11-26)23(28)27-15(2)12-17-13-18(24)4-6-21(17)27/h4-7,13-16H,3,8-12H2,1-2H3/t15-/m1/s1. The summed E-state index contributed by atoms with van der Waals surface area (Å²) in [6.45, 7) is 4.95. The van der Waals surface area contributed by atoms with Gasteiger partial charge in [0, 0.05) is 35.2 Å². The van der Waals surface area contributed by atoms with E-state index < -0.39 is 10.0 Å². The van der Waals surface area contributed by atoms with Gasteiger partial charge in [-0.2, -0.15) is 4.31 Å². The predicted molar refractivity (Wildman–Crippen MR) is 129 cm³/mol. The van der Waals surface area contributed by atoms with Crippen LogP contribution < -0.4 is 9.64 Å². The van der Waals surface area contributed by atoms with Gasteiger partial charge in [0.1, 0.15) is 5.75 Å². The van der Waals surface area contributed by atoms with Crippen LogP contribution in [-0.2, 0) is 21.2 Å². The number of halogens is 2. The first-order chi connectivity index (χ1) is 15.2. The molecule has 1 fully saturated rings. The molecule has 0 aromatic heterocycles. The van der Waals surface area contributed by atoms with Crippen LogP contribution in [0.2, 0.25) is 5.02 Å². The molecule has 2 heterocycles. The highest BCUT2D eigenvalue weighted by molar-refractivity contribution is 9.10. The first-order valence-electron chi connectivity index (χ1n) is 10.8. The third-order valence-electron chi connectivity index (χ3n) is 6.14. The van der Waals surface area contributed by atoms with E-state index in [2.05, 4.69) is 28.9 Å². The molecule has 2 aromatic carbocycles. The predicted octanol–water partition coefficient (Wildman–Crippen LogP) is 4.88. The van der Waals surface area contributed by atoms with Gasteiger partial charge in [-0.1, -0.05) is 27.5 Å². The lowest BCUT2D eigenvalue weighted by atomic mass is 9.96. The minimum absolute atomic E-state index is 0.0831. The van der Waals surface area contributed by atoms with Crippen molar-refractivity contribution >= 4 is 49.1 Å². The van der Waals surface area contributed by atoms with Crippen molar-refractivity contribution in [1.82, 2.24) is 4.31 Å². The first-order valence-corrected chi connectivity index (χ1v) is 13.4. The van der Waals surface area contributed by atoms with Crippen molar-refractivity contribution in [2.45, 2.75) is 44.0 Å². The number of carbonyl (C=O) groups is 1. The Morgan fingerprint density at radius 3 is 2.56 bits per heavy atom. The second-order valence-corrected chi connectivity index (χ2v) is 11.5. The normalized spacial score (nSPS) is 19.8. The van der Waals surface area contributed by atoms with Crippen LogP contribution in [0.15, 0.2) is 45.8 Å². The maximum Gasteiger partial charge on any atom is 0.243 e. The summed E-state index contributed by atoms with van der Waals surface area (Å²) in [7, 11) is -3.69. The highest BCUT2D eigenvalue weighted by Gasteiger charge is 2.38. The smallest absolute Gasteiger partial charge is 0.243 e. The largest absolute Gasteiger partial charge is 0.492 e. The van der Waals surface area contributed by atoms with Crippen molar-refractivity contribution in [2.75, 3.05) is 24.6 Å². The van der Waals surface area contributed by atoms with Crippen molar-refractivity contribution in [3.63, 3.8) is 0 Å². The van der Waals surface area contributed by atoms with E-state index in [-0.39, 0.29) is 27.8 Å². The Labute approximate surface area is 202 Å². The molecule has 0 unspecified atom stereocenters. The van der Waals surface area contributed by atoms with E-state index >= 15 is 0 Å². The van der Waals surface area contributed by atoms with Crippen molar-refractivity contribution in [3.05, 3.63) is 51.5 Å². The number of sulfonamides is 1. The molecule has 0 spiro atoms. The maximum absolute atomic E-state index is 13.3. The molecule has 0 aliphatic carbocycles. The summed E-state index contributed by atoms with van der Waals surface area (Å²) in [5.41, 5.74) is 2.12. The van der Waals surface area contributed by atoms with E-state index in [9.17, 15) is 13.2 Å². The van der Waals surface area contributed by atoms with Crippen molar-refractivity contribution in [3.8, 4) is 5.75 Å². The summed E-state index contributed by atoms with van der Waals surface area (Å²) in [6, 6.07) is 10.6. The summed E-state index contributed by atoms with van der Waals surface area (Å²) in [4.78, 5) is 15.4. The summed E-state index contributed by atoms with van der Waals surface area (Å²) in [5.74, 6) is 0.353. The number of nitrogens with zero attached hydrogens (tertiary/aromatic N) is 2. The van der Waals surface area contributed by atoms with E-state index in [1.165, 1.54) is 16.4 Å². The third kappa shape index (κ3) is 4.42. The molecule has 32 heavy (non-hydrogen) atoms. The molecule has 172 valence electrons. The number of benzene rings is 2. The van der Waals surface area contributed by atoms with Gasteiger partial charge in [-0.3, -0.25) is 4.79 Å². The molecule has 2 aliphatic rings. The second kappa shape index (κ2) is 9.33. The average Bonchev–Trinajstić information content (AvgIpc) is 3.09. The fourth-order valence-electron chi connectivity index (χ4n) is 4.54. The SMILES string of the molecule is CCOc1ccc(S(=O)(=O)N2CCC(C(=O)N3c4ccc(Br)cc4C[C@H]3C)CC2)cc1Cl. The third-order valence-corrected chi connectivity index (χ3v) is 8.82. The number of ether oxygens (including phenoxy) is 1. The summed E-state index contributed by atoms with van der Waals surface area (Å²) < 4.78 is 34.1. The van der Waals surface area contributed by atoms with Gasteiger partial charge in [-0.25, -0.2) is 8.42 Å². The molecule has 0 N–H and O–H groups in total. The molecule has 1 saturated heterocycles. The van der Waals surface area contributed by atoms with Crippen molar-refractivity contribution < 1.29 is 17.9 Å². The average molecular weight is 542 g/mol. The minimum atomic E-state index is -3.69. The Bertz CT molecular complexity index is 1130. The Hall–Kier alpha value is -1.61. The Morgan fingerprint density at radius 1 is 1.19 bits per heavy atom. The van der Waals surface area contributed by atoms with E-state index in [1.807, 2.05) is 24.0 Å². The van der Waals surface area contributed by atoms with E-state index in [0.717, 1.165) is 22.1 Å². The fourth-order valence-corrected chi connectivity index (χ4v) is 6.74. The van der Waals surface area contributed by atoms with Crippen LogP contribution in [0.4, 0.5) is 5.69 Å². The monoisotopic (exact) mass is 540 g/mol. The fraction of sp³-hybridized carbons (Fsp3) is 0.435. The van der Waals surface area contributed by atoms with Gasteiger partial charge in [0.2, 0.25) is 15.9 Å². The zero-order valence-corrected chi connectivity index (χ0v) is 21.2. The van der Waals surface area contributed by atoms with Gasteiger partial charge < -0.3 is 9.64 Å². The van der Waals surface area contributed by atoms with Crippen LogP contribution >= 0.6 is 27.5 Å². The number of fused-ring (bicyclic) bond motifs is 1. The highest BCUT2D eigenvalue weighted by atomic mass is 79.9. The topological polar surface area (TPSA) is 66.9 Å². The minimum Gasteiger partial charge on any atom is -0.492 e. The zero-order valence-electron chi connectivity index (χ0n) is 18.1. The van der Waals surface area contributed by atoms with Crippen LogP contribution in [0.1, 0.15) is 32.3 Å². The van der Waals surface area contributed by atoms with E-state index in [0.29, 0.717) is 38.3 Å². The van der Waals surface area contributed by atoms with Gasteiger partial charge in [-0.15, -0.1) is 0 Å². The van der Waals surface area contributed by atoms with E-state index in [1.54, 1.807) is 6.07 Å². The van der Waals surface area contributed by atoms with Crippen LogP contribution in [0.3, 0.4) is 0 Å². The number of hydrogen-bond acceptors (Lipinski definition) is 4. The highest BCUT2D eigenvalue weighted by Crippen LogP contribution is 2.37. The molecule has 6 nitrogen and oxygen atoms in total. The quantitative estimate of drug-likeness (QED) is 0.541. The number of carbonyl (C=O) groups excluding carboxylic acids is 1. The van der Waals surface area contributed by atoms with Crippen LogP contribution in [0.5, 0.6) is 5.75 Å². The van der Waals surface area contributed by atoms with Crippen LogP contribution in [0.25, 0.3) is 0 Å². The second-order valence-electron chi connectivity index (χ2n) is 8.24. The molecule has 1 amide bonds. The molecule has 4 rings (SSSR count). The molecule has 2 aliphatic heterocycles. The number of rotatable bonds is 5.